The zero-order valence-corrected chi connectivity index (χ0v) is 12.3. The maximum Gasteiger partial charge on any atom is 0.0175 e. The summed E-state index contributed by atoms with van der Waals surface area (Å²) in [6.07, 6.45) is 5.28. The molecule has 1 fully saturated rings. The van der Waals surface area contributed by atoms with Crippen LogP contribution < -0.4 is 5.32 Å². The van der Waals surface area contributed by atoms with Crippen LogP contribution in [0, 0.1) is 11.8 Å². The molecule has 1 nitrogen and oxygen atoms in total. The van der Waals surface area contributed by atoms with Gasteiger partial charge in [-0.25, -0.2) is 0 Å². The van der Waals surface area contributed by atoms with Crippen LogP contribution in [0.4, 0.5) is 0 Å². The second kappa shape index (κ2) is 6.01. The van der Waals surface area contributed by atoms with Crippen LogP contribution in [0.2, 0.25) is 0 Å². The molecule has 0 aliphatic heterocycles. The van der Waals surface area contributed by atoms with Crippen molar-refractivity contribution in [2.45, 2.75) is 38.6 Å². The first kappa shape index (κ1) is 13.1. The molecule has 0 saturated heterocycles. The summed E-state index contributed by atoms with van der Waals surface area (Å²) in [5.74, 6) is 1.69. The third-order valence-electron chi connectivity index (χ3n) is 4.03. The lowest BCUT2D eigenvalue weighted by molar-refractivity contribution is 0.220. The van der Waals surface area contributed by atoms with Gasteiger partial charge in [-0.05, 0) is 62.3 Å². The quantitative estimate of drug-likeness (QED) is 0.888. The van der Waals surface area contributed by atoms with Gasteiger partial charge in [0.1, 0.15) is 0 Å². The molecule has 94 valence electrons. The summed E-state index contributed by atoms with van der Waals surface area (Å²) in [5, 5.41) is 3.50. The minimum atomic E-state index is 0.704. The van der Waals surface area contributed by atoms with Gasteiger partial charge in [-0.1, -0.05) is 35.0 Å². The first-order valence-corrected chi connectivity index (χ1v) is 7.40. The van der Waals surface area contributed by atoms with Gasteiger partial charge >= 0.3 is 0 Å². The van der Waals surface area contributed by atoms with Gasteiger partial charge in [0.15, 0.2) is 0 Å². The van der Waals surface area contributed by atoms with E-state index in [0.717, 1.165) is 11.8 Å². The summed E-state index contributed by atoms with van der Waals surface area (Å²) in [7, 11) is 2.11. The lowest BCUT2D eigenvalue weighted by Gasteiger charge is -2.35. The van der Waals surface area contributed by atoms with Gasteiger partial charge in [-0.3, -0.25) is 0 Å². The van der Waals surface area contributed by atoms with Crippen molar-refractivity contribution in [3.8, 4) is 0 Å². The van der Waals surface area contributed by atoms with Crippen molar-refractivity contribution >= 4 is 15.9 Å². The Labute approximate surface area is 113 Å². The Morgan fingerprint density at radius 1 is 1.24 bits per heavy atom. The fraction of sp³-hybridized carbons (Fsp3) is 0.600. The van der Waals surface area contributed by atoms with Crippen molar-refractivity contribution < 1.29 is 0 Å². The summed E-state index contributed by atoms with van der Waals surface area (Å²) in [6.45, 7) is 2.39. The van der Waals surface area contributed by atoms with Crippen LogP contribution in [0.3, 0.4) is 0 Å². The lowest BCUT2D eigenvalue weighted by atomic mass is 9.76. The second-order valence-electron chi connectivity index (χ2n) is 5.40. The van der Waals surface area contributed by atoms with Crippen molar-refractivity contribution in [3.63, 3.8) is 0 Å². The van der Waals surface area contributed by atoms with Gasteiger partial charge in [0.2, 0.25) is 0 Å². The highest BCUT2D eigenvalue weighted by Gasteiger charge is 2.27. The van der Waals surface area contributed by atoms with E-state index >= 15 is 0 Å². The highest BCUT2D eigenvalue weighted by atomic mass is 79.9. The zero-order chi connectivity index (χ0) is 12.3. The Morgan fingerprint density at radius 2 is 1.94 bits per heavy atom. The van der Waals surface area contributed by atoms with E-state index in [9.17, 15) is 0 Å². The molecule has 1 aliphatic carbocycles. The largest absolute Gasteiger partial charge is 0.317 e. The fourth-order valence-corrected chi connectivity index (χ4v) is 3.29. The van der Waals surface area contributed by atoms with Gasteiger partial charge in [0.05, 0.1) is 0 Å². The topological polar surface area (TPSA) is 12.0 Å². The Kier molecular flexibility index (Phi) is 4.63. The average Bonchev–Trinajstić information content (AvgIpc) is 2.32. The molecular formula is C15H22BrN. The molecule has 1 N–H and O–H groups in total. The van der Waals surface area contributed by atoms with E-state index in [1.807, 2.05) is 0 Å². The number of rotatable bonds is 3. The van der Waals surface area contributed by atoms with Gasteiger partial charge in [-0.2, -0.15) is 0 Å². The normalized spacial score (nSPS) is 29.2. The maximum atomic E-state index is 3.50. The Morgan fingerprint density at radius 3 is 2.59 bits per heavy atom. The molecule has 0 spiro atoms. The minimum Gasteiger partial charge on any atom is -0.317 e. The number of hydrogen-bond acceptors (Lipinski definition) is 1. The minimum absolute atomic E-state index is 0.704. The Balaban J connectivity index is 2.02. The molecule has 1 aliphatic rings. The smallest absolute Gasteiger partial charge is 0.0175 e. The first-order chi connectivity index (χ1) is 8.19. The predicted octanol–water partition coefficient (Wildman–Crippen LogP) is 4.02. The third kappa shape index (κ3) is 3.56. The number of benzene rings is 1. The molecule has 1 saturated carbocycles. The van der Waals surface area contributed by atoms with Crippen molar-refractivity contribution in [1.29, 1.82) is 0 Å². The number of halogens is 1. The summed E-state index contributed by atoms with van der Waals surface area (Å²) < 4.78 is 1.17. The predicted molar refractivity (Wildman–Crippen MR) is 77.2 cm³/mol. The monoisotopic (exact) mass is 295 g/mol. The highest BCUT2D eigenvalue weighted by Crippen LogP contribution is 2.31. The molecule has 3 atom stereocenters. The molecule has 2 rings (SSSR count). The van der Waals surface area contributed by atoms with E-state index in [4.69, 9.17) is 0 Å². The van der Waals surface area contributed by atoms with Crippen molar-refractivity contribution in [2.24, 2.45) is 11.8 Å². The van der Waals surface area contributed by atoms with Gasteiger partial charge in [0.25, 0.3) is 0 Å². The van der Waals surface area contributed by atoms with E-state index in [-0.39, 0.29) is 0 Å². The number of hydrogen-bond donors (Lipinski definition) is 1. The molecule has 0 heterocycles. The molecule has 1 aromatic rings. The zero-order valence-electron chi connectivity index (χ0n) is 10.7. The molecule has 3 unspecified atom stereocenters. The van der Waals surface area contributed by atoms with E-state index in [0.29, 0.717) is 6.04 Å². The van der Waals surface area contributed by atoms with E-state index in [1.54, 1.807) is 0 Å². The van der Waals surface area contributed by atoms with Crippen LogP contribution in [-0.4, -0.2) is 13.1 Å². The summed E-state index contributed by atoms with van der Waals surface area (Å²) in [6, 6.07) is 9.49. The second-order valence-corrected chi connectivity index (χ2v) is 6.32. The SMILES string of the molecule is CNC1CCC(C)CC1Cc1ccc(Br)cc1. The van der Waals surface area contributed by atoms with Crippen LogP contribution in [-0.2, 0) is 6.42 Å². The van der Waals surface area contributed by atoms with E-state index in [1.165, 1.54) is 35.7 Å². The molecule has 0 aromatic heterocycles. The molecule has 2 heteroatoms. The Hall–Kier alpha value is -0.340. The first-order valence-electron chi connectivity index (χ1n) is 6.60. The van der Waals surface area contributed by atoms with Crippen molar-refractivity contribution in [3.05, 3.63) is 34.3 Å². The van der Waals surface area contributed by atoms with Crippen molar-refractivity contribution in [2.75, 3.05) is 7.05 Å². The standard InChI is InChI=1S/C15H22BrN/c1-11-3-8-15(17-2)13(9-11)10-12-4-6-14(16)7-5-12/h4-7,11,13,15,17H,3,8-10H2,1-2H3. The van der Waals surface area contributed by atoms with Crippen molar-refractivity contribution in [1.82, 2.24) is 5.32 Å². The summed E-state index contributed by atoms with van der Waals surface area (Å²) in [5.41, 5.74) is 1.47. The lowest BCUT2D eigenvalue weighted by Crippen LogP contribution is -2.39. The molecule has 1 aromatic carbocycles. The summed E-state index contributed by atoms with van der Waals surface area (Å²) in [4.78, 5) is 0. The van der Waals surface area contributed by atoms with Crippen LogP contribution >= 0.6 is 15.9 Å². The van der Waals surface area contributed by atoms with E-state index < -0.39 is 0 Å². The van der Waals surface area contributed by atoms with Crippen LogP contribution in [0.5, 0.6) is 0 Å². The van der Waals surface area contributed by atoms with Crippen LogP contribution in [0.15, 0.2) is 28.7 Å². The maximum absolute atomic E-state index is 3.50. The van der Waals surface area contributed by atoms with E-state index in [2.05, 4.69) is 59.5 Å². The number of nitrogens with one attached hydrogen (secondary N) is 1. The summed E-state index contributed by atoms with van der Waals surface area (Å²) >= 11 is 3.49. The average molecular weight is 296 g/mol. The molecule has 0 radical (unpaired) electrons. The highest BCUT2D eigenvalue weighted by molar-refractivity contribution is 9.10. The molecule has 0 amide bonds. The third-order valence-corrected chi connectivity index (χ3v) is 4.56. The fourth-order valence-electron chi connectivity index (χ4n) is 3.03. The van der Waals surface area contributed by atoms with Crippen LogP contribution in [0.25, 0.3) is 0 Å². The van der Waals surface area contributed by atoms with Gasteiger partial charge in [-0.15, -0.1) is 0 Å². The Bertz CT molecular complexity index is 346. The molecular weight excluding hydrogens is 274 g/mol. The van der Waals surface area contributed by atoms with Gasteiger partial charge in [0, 0.05) is 10.5 Å². The van der Waals surface area contributed by atoms with Gasteiger partial charge < -0.3 is 5.32 Å². The molecule has 0 bridgehead atoms. The molecule has 17 heavy (non-hydrogen) atoms. The van der Waals surface area contributed by atoms with Crippen LogP contribution in [0.1, 0.15) is 31.7 Å².